The fraction of sp³-hybridized carbons (Fsp3) is 0.429. The van der Waals surface area contributed by atoms with Gasteiger partial charge in [-0.05, 0) is 42.8 Å². The minimum absolute atomic E-state index is 0.0410. The first-order valence-corrected chi connectivity index (χ1v) is 8.16. The molecule has 0 radical (unpaired) electrons. The lowest BCUT2D eigenvalue weighted by Gasteiger charge is -2.36. The molecular formula is C14H17BrN2O3S. The maximum atomic E-state index is 12.3. The van der Waals surface area contributed by atoms with E-state index in [0.29, 0.717) is 11.3 Å². The summed E-state index contributed by atoms with van der Waals surface area (Å²) in [5.41, 5.74) is 1.11. The van der Waals surface area contributed by atoms with Crippen LogP contribution in [0, 0.1) is 0 Å². The Hall–Kier alpha value is -1.34. The maximum Gasteiger partial charge on any atom is 0.338 e. The molecule has 1 aromatic rings. The first-order chi connectivity index (χ1) is 9.86. The van der Waals surface area contributed by atoms with E-state index < -0.39 is 12.0 Å². The van der Waals surface area contributed by atoms with E-state index in [1.165, 1.54) is 18.4 Å². The second-order valence-corrected chi connectivity index (χ2v) is 6.86. The highest BCUT2D eigenvalue weighted by Crippen LogP contribution is 2.36. The number of ether oxygens (including phenoxy) is 1. The number of nitrogens with zero attached hydrogens (tertiary/aromatic N) is 1. The molecule has 0 fully saturated rings. The van der Waals surface area contributed by atoms with Crippen LogP contribution in [0.25, 0.3) is 0 Å². The number of rotatable bonds is 3. The Morgan fingerprint density at radius 2 is 2.19 bits per heavy atom. The lowest BCUT2D eigenvalue weighted by molar-refractivity contribution is -0.136. The first kappa shape index (κ1) is 16.0. The van der Waals surface area contributed by atoms with Crippen LogP contribution in [0.15, 0.2) is 27.2 Å². The monoisotopic (exact) mass is 372 g/mol. The maximum absolute atomic E-state index is 12.3. The molecule has 2 rings (SSSR count). The van der Waals surface area contributed by atoms with E-state index in [9.17, 15) is 9.59 Å². The Labute approximate surface area is 136 Å². The molecule has 1 aromatic heterocycles. The van der Waals surface area contributed by atoms with Gasteiger partial charge < -0.3 is 10.1 Å². The van der Waals surface area contributed by atoms with Crippen molar-refractivity contribution >= 4 is 39.3 Å². The highest BCUT2D eigenvalue weighted by atomic mass is 79.9. The van der Waals surface area contributed by atoms with Gasteiger partial charge in [0.2, 0.25) is 0 Å². The van der Waals surface area contributed by atoms with Crippen LogP contribution in [0.1, 0.15) is 31.7 Å². The van der Waals surface area contributed by atoms with Crippen LogP contribution in [0.2, 0.25) is 0 Å². The van der Waals surface area contributed by atoms with Gasteiger partial charge in [-0.15, -0.1) is 11.3 Å². The Bertz CT molecular complexity index is 609. The Kier molecular flexibility index (Phi) is 4.73. The second-order valence-electron chi connectivity index (χ2n) is 5.00. The summed E-state index contributed by atoms with van der Waals surface area (Å²) in [5, 5.41) is 4.81. The van der Waals surface area contributed by atoms with Gasteiger partial charge in [0.05, 0.1) is 18.7 Å². The van der Waals surface area contributed by atoms with Crippen LogP contribution in [0.3, 0.4) is 0 Å². The average Bonchev–Trinajstić information content (AvgIpc) is 2.83. The molecule has 1 atom stereocenters. The molecule has 1 aliphatic heterocycles. The summed E-state index contributed by atoms with van der Waals surface area (Å²) in [6.07, 6.45) is 0. The van der Waals surface area contributed by atoms with Crippen LogP contribution in [0.4, 0.5) is 4.79 Å². The molecule has 0 saturated carbocycles. The number of hydrogen-bond acceptors (Lipinski definition) is 4. The van der Waals surface area contributed by atoms with Crippen LogP contribution >= 0.6 is 27.3 Å². The summed E-state index contributed by atoms with van der Waals surface area (Å²) in [5.74, 6) is -0.423. The predicted octanol–water partition coefficient (Wildman–Crippen LogP) is 3.43. The summed E-state index contributed by atoms with van der Waals surface area (Å²) in [7, 11) is 1.35. The summed E-state index contributed by atoms with van der Waals surface area (Å²) in [6.45, 7) is 5.58. The van der Waals surface area contributed by atoms with Crippen molar-refractivity contribution in [2.75, 3.05) is 7.11 Å². The number of hydrogen-bond donors (Lipinski definition) is 1. The van der Waals surface area contributed by atoms with Crippen molar-refractivity contribution in [1.82, 2.24) is 10.2 Å². The first-order valence-electron chi connectivity index (χ1n) is 6.49. The van der Waals surface area contributed by atoms with Crippen molar-refractivity contribution in [2.24, 2.45) is 0 Å². The summed E-state index contributed by atoms with van der Waals surface area (Å²) >= 11 is 4.87. The number of urea groups is 1. The molecule has 7 heteroatoms. The largest absolute Gasteiger partial charge is 0.466 e. The van der Waals surface area contributed by atoms with Gasteiger partial charge in [-0.25, -0.2) is 9.59 Å². The number of halogens is 1. The van der Waals surface area contributed by atoms with Gasteiger partial charge in [-0.3, -0.25) is 4.90 Å². The topological polar surface area (TPSA) is 58.6 Å². The average molecular weight is 373 g/mol. The van der Waals surface area contributed by atoms with Gasteiger partial charge in [-0.1, -0.05) is 0 Å². The van der Waals surface area contributed by atoms with Crippen LogP contribution < -0.4 is 5.32 Å². The lowest BCUT2D eigenvalue weighted by atomic mass is 10.00. The molecule has 21 heavy (non-hydrogen) atoms. The highest BCUT2D eigenvalue weighted by molar-refractivity contribution is 9.10. The molecule has 0 saturated heterocycles. The Morgan fingerprint density at radius 3 is 2.67 bits per heavy atom. The molecule has 114 valence electrons. The fourth-order valence-electron chi connectivity index (χ4n) is 2.45. The molecule has 5 nitrogen and oxygen atoms in total. The van der Waals surface area contributed by atoms with Crippen LogP contribution in [-0.4, -0.2) is 30.1 Å². The van der Waals surface area contributed by atoms with Gasteiger partial charge in [0, 0.05) is 26.5 Å². The second kappa shape index (κ2) is 6.19. The molecule has 2 heterocycles. The smallest absolute Gasteiger partial charge is 0.338 e. The molecular weight excluding hydrogens is 356 g/mol. The summed E-state index contributed by atoms with van der Waals surface area (Å²) in [6, 6.07) is 1.18. The van der Waals surface area contributed by atoms with E-state index in [1.54, 1.807) is 11.8 Å². The lowest BCUT2D eigenvalue weighted by Crippen LogP contribution is -2.50. The van der Waals surface area contributed by atoms with Crippen molar-refractivity contribution in [3.63, 3.8) is 0 Å². The molecule has 1 N–H and O–H groups in total. The molecule has 0 bridgehead atoms. The van der Waals surface area contributed by atoms with Gasteiger partial charge >= 0.3 is 12.0 Å². The number of allylic oxidation sites excluding steroid dienone is 1. The quantitative estimate of drug-likeness (QED) is 0.826. The summed E-state index contributed by atoms with van der Waals surface area (Å²) < 4.78 is 5.82. The summed E-state index contributed by atoms with van der Waals surface area (Å²) in [4.78, 5) is 27.0. The Balaban J connectivity index is 2.55. The number of methoxy groups -OCH3 is 1. The van der Waals surface area contributed by atoms with Gasteiger partial charge in [0.25, 0.3) is 0 Å². The molecule has 0 aliphatic carbocycles. The van der Waals surface area contributed by atoms with E-state index in [2.05, 4.69) is 21.2 Å². The number of esters is 1. The van der Waals surface area contributed by atoms with Gasteiger partial charge in [0.1, 0.15) is 0 Å². The highest BCUT2D eigenvalue weighted by Gasteiger charge is 2.37. The SMILES string of the molecule is COC(=O)C1=C(C)N(C(C)C)C(=O)N[C@H]1c1cc(Br)cs1. The zero-order chi connectivity index (χ0) is 15.7. The standard InChI is InChI=1S/C14H17BrN2O3S/c1-7(2)17-8(3)11(13(18)20-4)12(16-14(17)19)10-5-9(15)6-21-10/h5-7,12H,1-4H3,(H,16,19)/t12-/m0/s1. The normalized spacial score (nSPS) is 19.0. The molecule has 1 aliphatic rings. The Morgan fingerprint density at radius 1 is 1.52 bits per heavy atom. The molecule has 2 amide bonds. The fourth-order valence-corrected chi connectivity index (χ4v) is 3.95. The van der Waals surface area contributed by atoms with Gasteiger partial charge in [-0.2, -0.15) is 0 Å². The predicted molar refractivity (Wildman–Crippen MR) is 85.0 cm³/mol. The minimum Gasteiger partial charge on any atom is -0.466 e. The number of amides is 2. The zero-order valence-corrected chi connectivity index (χ0v) is 14.7. The molecule has 0 aromatic carbocycles. The van der Waals surface area contributed by atoms with Crippen molar-refractivity contribution in [3.05, 3.63) is 32.1 Å². The third-order valence-corrected chi connectivity index (χ3v) is 5.08. The van der Waals surface area contributed by atoms with E-state index in [0.717, 1.165) is 9.35 Å². The molecule has 0 unspecified atom stereocenters. The van der Waals surface area contributed by atoms with Crippen molar-refractivity contribution in [2.45, 2.75) is 32.9 Å². The number of nitrogens with one attached hydrogen (secondary N) is 1. The zero-order valence-electron chi connectivity index (χ0n) is 12.3. The van der Waals surface area contributed by atoms with Gasteiger partial charge in [0.15, 0.2) is 0 Å². The van der Waals surface area contributed by atoms with E-state index in [1.807, 2.05) is 25.3 Å². The number of carbonyl (C=O) groups is 2. The van der Waals surface area contributed by atoms with E-state index in [-0.39, 0.29) is 12.1 Å². The van der Waals surface area contributed by atoms with Crippen molar-refractivity contribution < 1.29 is 14.3 Å². The van der Waals surface area contributed by atoms with Crippen molar-refractivity contribution in [1.29, 1.82) is 0 Å². The number of carbonyl (C=O) groups excluding carboxylic acids is 2. The third-order valence-electron chi connectivity index (χ3n) is 3.32. The third kappa shape index (κ3) is 2.98. The van der Waals surface area contributed by atoms with E-state index >= 15 is 0 Å². The van der Waals surface area contributed by atoms with E-state index in [4.69, 9.17) is 4.74 Å². The molecule has 0 spiro atoms. The van der Waals surface area contributed by atoms with Crippen molar-refractivity contribution in [3.8, 4) is 0 Å². The minimum atomic E-state index is -0.476. The van der Waals surface area contributed by atoms with Crippen LogP contribution in [0.5, 0.6) is 0 Å². The van der Waals surface area contributed by atoms with Crippen LogP contribution in [-0.2, 0) is 9.53 Å². The number of thiophene rings is 1.